The van der Waals surface area contributed by atoms with Crippen molar-refractivity contribution in [1.82, 2.24) is 0 Å². The van der Waals surface area contributed by atoms with Gasteiger partial charge >= 0.3 is 5.97 Å². The molecule has 2 unspecified atom stereocenters. The Bertz CT molecular complexity index is 1130. The summed E-state index contributed by atoms with van der Waals surface area (Å²) in [6.07, 6.45) is 10.5. The van der Waals surface area contributed by atoms with Crippen LogP contribution in [0.3, 0.4) is 0 Å². The lowest BCUT2D eigenvalue weighted by molar-refractivity contribution is -0.216. The molecule has 0 bridgehead atoms. The number of esters is 1. The van der Waals surface area contributed by atoms with Gasteiger partial charge in [-0.05, 0) is 85.1 Å². The Balaban J connectivity index is 1.68. The number of benzene rings is 1. The van der Waals surface area contributed by atoms with Gasteiger partial charge in [-0.3, -0.25) is 9.59 Å². The van der Waals surface area contributed by atoms with Crippen molar-refractivity contribution < 1.29 is 24.3 Å². The van der Waals surface area contributed by atoms with Crippen LogP contribution in [0.4, 0.5) is 0 Å². The predicted molar refractivity (Wildman–Crippen MR) is 137 cm³/mol. The third kappa shape index (κ3) is 4.03. The smallest absolute Gasteiger partial charge is 0.303 e. The molecule has 0 amide bonds. The highest BCUT2D eigenvalue weighted by Gasteiger charge is 2.63. The molecule has 0 saturated heterocycles. The van der Waals surface area contributed by atoms with Crippen LogP contribution in [0.1, 0.15) is 82.3 Å². The van der Waals surface area contributed by atoms with Crippen molar-refractivity contribution in [1.29, 1.82) is 0 Å². The minimum absolute atomic E-state index is 0.160. The van der Waals surface area contributed by atoms with Crippen LogP contribution in [0.5, 0.6) is 0 Å². The van der Waals surface area contributed by atoms with E-state index in [-0.39, 0.29) is 23.1 Å². The number of hydrogen-bond donors (Lipinski definition) is 1. The summed E-state index contributed by atoms with van der Waals surface area (Å²) in [5.74, 6) is 0.929. The van der Waals surface area contributed by atoms with Crippen LogP contribution in [0, 0.1) is 17.3 Å². The van der Waals surface area contributed by atoms with E-state index < -0.39 is 5.60 Å². The van der Waals surface area contributed by atoms with E-state index in [1.165, 1.54) is 35.4 Å². The number of oxime groups is 1. The molecular formula is C30H37NO5. The van der Waals surface area contributed by atoms with E-state index >= 15 is 0 Å². The molecule has 2 fully saturated rings. The minimum Gasteiger partial charge on any atom is -0.456 e. The van der Waals surface area contributed by atoms with Crippen LogP contribution >= 0.6 is 0 Å². The third-order valence-electron chi connectivity index (χ3n) is 9.52. The monoisotopic (exact) mass is 491 g/mol. The second-order valence-corrected chi connectivity index (χ2v) is 11.3. The summed E-state index contributed by atoms with van der Waals surface area (Å²) in [5.41, 5.74) is 5.28. The number of fused-ring (bicyclic) bond motifs is 4. The second kappa shape index (κ2) is 9.62. The SMILES string of the molecule is COC[C@]1(OC(C)=O)CCCC2C3CCC4=CC(=O)CCC4=C3[C@@H](c3ccc(/C=N/O)cc3)C[C@@]21C. The Morgan fingerprint density at radius 1 is 1.19 bits per heavy atom. The van der Waals surface area contributed by atoms with Gasteiger partial charge in [-0.2, -0.15) is 0 Å². The molecule has 4 aliphatic rings. The number of allylic oxidation sites excluding steroid dienone is 4. The maximum absolute atomic E-state index is 12.4. The number of carbonyl (C=O) groups is 2. The number of nitrogens with zero attached hydrogens (tertiary/aromatic N) is 1. The Morgan fingerprint density at radius 2 is 1.97 bits per heavy atom. The Kier molecular flexibility index (Phi) is 6.67. The maximum Gasteiger partial charge on any atom is 0.303 e. The standard InChI is InChI=1S/C30H37NO5/c1-19(32)36-30(18-35-3)14-4-5-27-25-12-10-22-15-23(33)11-13-24(22)28(25)26(16-29(27,30)2)21-8-6-20(7-9-21)17-31-34/h6-9,15,17,25-27,34H,4-5,10-14,16,18H2,1-3H3/b31-17+/t25?,26-,27?,29+,30-/m1/s1. The van der Waals surface area contributed by atoms with Gasteiger partial charge in [0.05, 0.1) is 12.8 Å². The van der Waals surface area contributed by atoms with Gasteiger partial charge in [-0.15, -0.1) is 0 Å². The van der Waals surface area contributed by atoms with Gasteiger partial charge in [0.15, 0.2) is 5.78 Å². The summed E-state index contributed by atoms with van der Waals surface area (Å²) < 4.78 is 12.0. The van der Waals surface area contributed by atoms with Crippen molar-refractivity contribution in [2.45, 2.75) is 76.7 Å². The molecule has 0 aliphatic heterocycles. The van der Waals surface area contributed by atoms with Crippen molar-refractivity contribution >= 4 is 18.0 Å². The van der Waals surface area contributed by atoms with E-state index in [1.807, 2.05) is 18.2 Å². The third-order valence-corrected chi connectivity index (χ3v) is 9.52. The van der Waals surface area contributed by atoms with Crippen LogP contribution in [0.25, 0.3) is 0 Å². The summed E-state index contributed by atoms with van der Waals surface area (Å²) in [4.78, 5) is 24.7. The van der Waals surface area contributed by atoms with Gasteiger partial charge in [-0.25, -0.2) is 0 Å². The maximum atomic E-state index is 12.4. The molecule has 1 aromatic rings. The minimum atomic E-state index is -0.660. The molecule has 1 aromatic carbocycles. The molecular weight excluding hydrogens is 454 g/mol. The molecule has 5 atom stereocenters. The quantitative estimate of drug-likeness (QED) is 0.246. The summed E-state index contributed by atoms with van der Waals surface area (Å²) >= 11 is 0. The number of rotatable bonds is 5. The van der Waals surface area contributed by atoms with Crippen molar-refractivity contribution in [3.8, 4) is 0 Å². The predicted octanol–water partition coefficient (Wildman–Crippen LogP) is 5.73. The first-order valence-corrected chi connectivity index (χ1v) is 13.2. The lowest BCUT2D eigenvalue weighted by Crippen LogP contribution is -2.62. The lowest BCUT2D eigenvalue weighted by Gasteiger charge is -2.62. The molecule has 0 heterocycles. The van der Waals surface area contributed by atoms with Gasteiger partial charge in [0.25, 0.3) is 0 Å². The first-order valence-electron chi connectivity index (χ1n) is 13.2. The summed E-state index contributed by atoms with van der Waals surface area (Å²) in [6, 6.07) is 8.25. The van der Waals surface area contributed by atoms with Crippen LogP contribution in [-0.2, 0) is 19.1 Å². The van der Waals surface area contributed by atoms with Gasteiger partial charge < -0.3 is 14.7 Å². The zero-order valence-corrected chi connectivity index (χ0v) is 21.6. The first kappa shape index (κ1) is 24.9. The van der Waals surface area contributed by atoms with Gasteiger partial charge in [0, 0.05) is 31.8 Å². The molecule has 5 rings (SSSR count). The molecule has 0 spiro atoms. The van der Waals surface area contributed by atoms with Gasteiger partial charge in [-0.1, -0.05) is 41.9 Å². The van der Waals surface area contributed by atoms with Crippen molar-refractivity contribution in [3.05, 3.63) is 58.2 Å². The van der Waals surface area contributed by atoms with E-state index in [0.29, 0.717) is 24.9 Å². The number of methoxy groups -OCH3 is 1. The fourth-order valence-electron chi connectivity index (χ4n) is 8.08. The molecule has 6 heteroatoms. The number of carbonyl (C=O) groups excluding carboxylic acids is 2. The fraction of sp³-hybridized carbons (Fsp3) is 0.567. The molecule has 4 aliphatic carbocycles. The summed E-state index contributed by atoms with van der Waals surface area (Å²) in [6.45, 7) is 4.24. The average Bonchev–Trinajstić information content (AvgIpc) is 2.84. The zero-order valence-electron chi connectivity index (χ0n) is 21.6. The Labute approximate surface area is 213 Å². The van der Waals surface area contributed by atoms with E-state index in [9.17, 15) is 9.59 Å². The van der Waals surface area contributed by atoms with E-state index in [0.717, 1.165) is 50.5 Å². The number of ketones is 1. The number of ether oxygens (including phenoxy) is 2. The van der Waals surface area contributed by atoms with E-state index in [4.69, 9.17) is 14.7 Å². The van der Waals surface area contributed by atoms with Crippen LogP contribution < -0.4 is 0 Å². The van der Waals surface area contributed by atoms with Crippen molar-refractivity contribution in [2.24, 2.45) is 22.4 Å². The topological polar surface area (TPSA) is 85.2 Å². The molecule has 0 radical (unpaired) electrons. The van der Waals surface area contributed by atoms with Crippen molar-refractivity contribution in [3.63, 3.8) is 0 Å². The zero-order chi connectivity index (χ0) is 25.5. The largest absolute Gasteiger partial charge is 0.456 e. The van der Waals surface area contributed by atoms with Crippen LogP contribution in [-0.4, -0.2) is 42.5 Å². The van der Waals surface area contributed by atoms with Crippen molar-refractivity contribution in [2.75, 3.05) is 13.7 Å². The molecule has 1 N–H and O–H groups in total. The van der Waals surface area contributed by atoms with Crippen LogP contribution in [0.2, 0.25) is 0 Å². The normalized spacial score (nSPS) is 34.0. The highest BCUT2D eigenvalue weighted by atomic mass is 16.6. The highest BCUT2D eigenvalue weighted by molar-refractivity contribution is 5.93. The molecule has 36 heavy (non-hydrogen) atoms. The fourth-order valence-corrected chi connectivity index (χ4v) is 8.08. The Morgan fingerprint density at radius 3 is 2.67 bits per heavy atom. The van der Waals surface area contributed by atoms with Gasteiger partial charge in [0.2, 0.25) is 0 Å². The van der Waals surface area contributed by atoms with E-state index in [1.54, 1.807) is 7.11 Å². The molecule has 6 nitrogen and oxygen atoms in total. The molecule has 2 saturated carbocycles. The lowest BCUT2D eigenvalue weighted by atomic mass is 9.45. The Hall–Kier alpha value is -2.73. The second-order valence-electron chi connectivity index (χ2n) is 11.3. The first-order chi connectivity index (χ1) is 17.3. The molecule has 0 aromatic heterocycles. The summed E-state index contributed by atoms with van der Waals surface area (Å²) in [7, 11) is 1.70. The van der Waals surface area contributed by atoms with Gasteiger partial charge in [0.1, 0.15) is 5.60 Å². The molecule has 192 valence electrons. The summed E-state index contributed by atoms with van der Waals surface area (Å²) in [5, 5.41) is 12.1. The van der Waals surface area contributed by atoms with Crippen LogP contribution in [0.15, 0.2) is 52.2 Å². The van der Waals surface area contributed by atoms with E-state index in [2.05, 4.69) is 24.2 Å². The number of hydrogen-bond acceptors (Lipinski definition) is 6. The average molecular weight is 492 g/mol. The highest BCUT2D eigenvalue weighted by Crippen LogP contribution is 2.66.